The van der Waals surface area contributed by atoms with Crippen LogP contribution in [-0.2, 0) is 9.59 Å². The van der Waals surface area contributed by atoms with Crippen molar-refractivity contribution < 1.29 is 14.0 Å². The Hall–Kier alpha value is -1.82. The molecule has 0 aromatic carbocycles. The molecule has 2 amide bonds. The van der Waals surface area contributed by atoms with E-state index in [9.17, 15) is 9.59 Å². The van der Waals surface area contributed by atoms with Gasteiger partial charge in [-0.3, -0.25) is 14.5 Å². The van der Waals surface area contributed by atoms with Gasteiger partial charge in [0.2, 0.25) is 11.8 Å². The molecule has 0 radical (unpaired) electrons. The number of carbonyl (C=O) groups excluding carboxylic acids is 2. The number of likely N-dealkylation sites (tertiary alicyclic amines) is 1. The molecule has 1 N–H and O–H groups in total. The average Bonchev–Trinajstić information content (AvgIpc) is 3.08. The van der Waals surface area contributed by atoms with Crippen molar-refractivity contribution in [3.05, 3.63) is 24.2 Å². The summed E-state index contributed by atoms with van der Waals surface area (Å²) in [6.07, 6.45) is 3.36. The predicted molar refractivity (Wildman–Crippen MR) is 92.3 cm³/mol. The van der Waals surface area contributed by atoms with E-state index in [2.05, 4.69) is 5.32 Å². The number of carbonyl (C=O) groups is 2. The molecule has 2 rings (SSSR count). The van der Waals surface area contributed by atoms with E-state index in [0.29, 0.717) is 13.1 Å². The third kappa shape index (κ3) is 4.60. The standard InChI is InChI=1S/C18H29N3O3/c1-13(2)18(23)21-9-5-7-14(12-21)17(22)19-11-15(20(3)4)16-8-6-10-24-16/h6,8,10,13-15H,5,7,9,11-12H2,1-4H3,(H,19,22). The van der Waals surface area contributed by atoms with Gasteiger partial charge in [-0.05, 0) is 39.1 Å². The highest BCUT2D eigenvalue weighted by atomic mass is 16.3. The van der Waals surface area contributed by atoms with Gasteiger partial charge < -0.3 is 14.6 Å². The van der Waals surface area contributed by atoms with Crippen LogP contribution in [0.1, 0.15) is 38.5 Å². The van der Waals surface area contributed by atoms with Gasteiger partial charge in [-0.1, -0.05) is 13.8 Å². The molecule has 1 aliphatic rings. The molecule has 1 fully saturated rings. The minimum absolute atomic E-state index is 0.000870. The zero-order valence-electron chi connectivity index (χ0n) is 15.1. The molecule has 2 heterocycles. The van der Waals surface area contributed by atoms with E-state index >= 15 is 0 Å². The molecular formula is C18H29N3O3. The van der Waals surface area contributed by atoms with E-state index in [1.54, 1.807) is 6.26 Å². The molecule has 0 aliphatic carbocycles. The molecule has 2 unspecified atom stereocenters. The van der Waals surface area contributed by atoms with Crippen molar-refractivity contribution in [1.29, 1.82) is 0 Å². The highest BCUT2D eigenvalue weighted by Gasteiger charge is 2.30. The van der Waals surface area contributed by atoms with Gasteiger partial charge in [0.25, 0.3) is 0 Å². The molecule has 0 bridgehead atoms. The van der Waals surface area contributed by atoms with Crippen LogP contribution in [0.4, 0.5) is 0 Å². The highest BCUT2D eigenvalue weighted by molar-refractivity contribution is 5.82. The summed E-state index contributed by atoms with van der Waals surface area (Å²) in [6.45, 7) is 5.58. The molecule has 1 aliphatic heterocycles. The lowest BCUT2D eigenvalue weighted by atomic mass is 9.96. The maximum atomic E-state index is 12.5. The fourth-order valence-corrected chi connectivity index (χ4v) is 3.12. The van der Waals surface area contributed by atoms with Crippen molar-refractivity contribution in [3.8, 4) is 0 Å². The van der Waals surface area contributed by atoms with Crippen LogP contribution < -0.4 is 5.32 Å². The monoisotopic (exact) mass is 335 g/mol. The Kier molecular flexibility index (Phi) is 6.43. The van der Waals surface area contributed by atoms with E-state index in [1.165, 1.54) is 0 Å². The number of nitrogens with one attached hydrogen (secondary N) is 1. The van der Waals surface area contributed by atoms with Crippen molar-refractivity contribution in [2.24, 2.45) is 11.8 Å². The predicted octanol–water partition coefficient (Wildman–Crippen LogP) is 1.89. The molecule has 1 aromatic heterocycles. The lowest BCUT2D eigenvalue weighted by molar-refractivity contribution is -0.138. The summed E-state index contributed by atoms with van der Waals surface area (Å²) in [4.78, 5) is 28.5. The fourth-order valence-electron chi connectivity index (χ4n) is 3.12. The Morgan fingerprint density at radius 2 is 2.17 bits per heavy atom. The Morgan fingerprint density at radius 1 is 1.42 bits per heavy atom. The molecule has 134 valence electrons. The number of amides is 2. The van der Waals surface area contributed by atoms with Crippen LogP contribution in [-0.4, -0.2) is 55.3 Å². The van der Waals surface area contributed by atoms with E-state index in [-0.39, 0.29) is 29.7 Å². The number of rotatable bonds is 6. The van der Waals surface area contributed by atoms with Crippen LogP contribution in [0.15, 0.2) is 22.8 Å². The zero-order chi connectivity index (χ0) is 17.7. The summed E-state index contributed by atoms with van der Waals surface area (Å²) in [5.41, 5.74) is 0. The molecule has 0 saturated carbocycles. The Morgan fingerprint density at radius 3 is 2.75 bits per heavy atom. The first kappa shape index (κ1) is 18.5. The summed E-state index contributed by atoms with van der Waals surface area (Å²) in [7, 11) is 3.92. The van der Waals surface area contributed by atoms with Crippen LogP contribution in [0.2, 0.25) is 0 Å². The first-order valence-electron chi connectivity index (χ1n) is 8.66. The lowest BCUT2D eigenvalue weighted by Crippen LogP contribution is -2.47. The summed E-state index contributed by atoms with van der Waals surface area (Å²) < 4.78 is 5.46. The van der Waals surface area contributed by atoms with Crippen LogP contribution in [0, 0.1) is 11.8 Å². The Labute approximate surface area is 144 Å². The van der Waals surface area contributed by atoms with Crippen LogP contribution in [0.25, 0.3) is 0 Å². The largest absolute Gasteiger partial charge is 0.468 e. The molecule has 2 atom stereocenters. The normalized spacial score (nSPS) is 19.6. The van der Waals surface area contributed by atoms with Crippen LogP contribution >= 0.6 is 0 Å². The topological polar surface area (TPSA) is 65.8 Å². The zero-order valence-corrected chi connectivity index (χ0v) is 15.1. The lowest BCUT2D eigenvalue weighted by Gasteiger charge is -2.33. The maximum absolute atomic E-state index is 12.5. The van der Waals surface area contributed by atoms with Gasteiger partial charge in [-0.2, -0.15) is 0 Å². The summed E-state index contributed by atoms with van der Waals surface area (Å²) in [5.74, 6) is 0.842. The van der Waals surface area contributed by atoms with Crippen molar-refractivity contribution in [3.63, 3.8) is 0 Å². The molecule has 0 spiro atoms. The number of likely N-dealkylation sites (N-methyl/N-ethyl adjacent to an activating group) is 1. The van der Waals surface area contributed by atoms with E-state index < -0.39 is 0 Å². The quantitative estimate of drug-likeness (QED) is 0.862. The number of nitrogens with zero attached hydrogens (tertiary/aromatic N) is 2. The highest BCUT2D eigenvalue weighted by Crippen LogP contribution is 2.20. The summed E-state index contributed by atoms with van der Waals surface area (Å²) >= 11 is 0. The van der Waals surface area contributed by atoms with Gasteiger partial charge in [0.1, 0.15) is 5.76 Å². The molecule has 6 nitrogen and oxygen atoms in total. The second kappa shape index (κ2) is 8.33. The molecule has 24 heavy (non-hydrogen) atoms. The Balaban J connectivity index is 1.90. The average molecular weight is 335 g/mol. The third-order valence-electron chi connectivity index (χ3n) is 4.56. The van der Waals surface area contributed by atoms with Crippen molar-refractivity contribution in [2.75, 3.05) is 33.7 Å². The van der Waals surface area contributed by atoms with Crippen LogP contribution in [0.3, 0.4) is 0 Å². The minimum Gasteiger partial charge on any atom is -0.468 e. The number of hydrogen-bond acceptors (Lipinski definition) is 4. The number of furan rings is 1. The first-order chi connectivity index (χ1) is 11.4. The van der Waals surface area contributed by atoms with E-state index in [0.717, 1.165) is 25.1 Å². The van der Waals surface area contributed by atoms with Gasteiger partial charge in [0.05, 0.1) is 18.2 Å². The molecule has 6 heteroatoms. The van der Waals surface area contributed by atoms with Crippen molar-refractivity contribution >= 4 is 11.8 Å². The minimum atomic E-state index is -0.124. The van der Waals surface area contributed by atoms with E-state index in [1.807, 2.05) is 49.9 Å². The third-order valence-corrected chi connectivity index (χ3v) is 4.56. The molecular weight excluding hydrogens is 306 g/mol. The fraction of sp³-hybridized carbons (Fsp3) is 0.667. The summed E-state index contributed by atoms with van der Waals surface area (Å²) in [6, 6.07) is 3.77. The van der Waals surface area contributed by atoms with Gasteiger partial charge in [-0.25, -0.2) is 0 Å². The Bertz CT molecular complexity index is 540. The molecule has 1 saturated heterocycles. The number of piperidine rings is 1. The smallest absolute Gasteiger partial charge is 0.225 e. The van der Waals surface area contributed by atoms with E-state index in [4.69, 9.17) is 4.42 Å². The first-order valence-corrected chi connectivity index (χ1v) is 8.66. The second-order valence-corrected chi connectivity index (χ2v) is 7.02. The summed E-state index contributed by atoms with van der Waals surface area (Å²) in [5, 5.41) is 3.03. The number of hydrogen-bond donors (Lipinski definition) is 1. The van der Waals surface area contributed by atoms with Gasteiger partial charge in [-0.15, -0.1) is 0 Å². The van der Waals surface area contributed by atoms with Gasteiger partial charge in [0.15, 0.2) is 0 Å². The maximum Gasteiger partial charge on any atom is 0.225 e. The SMILES string of the molecule is CC(C)C(=O)N1CCCC(C(=O)NCC(c2ccco2)N(C)C)C1. The second-order valence-electron chi connectivity index (χ2n) is 7.02. The van der Waals surface area contributed by atoms with Crippen molar-refractivity contribution in [2.45, 2.75) is 32.7 Å². The van der Waals surface area contributed by atoms with Crippen molar-refractivity contribution in [1.82, 2.24) is 15.1 Å². The van der Waals surface area contributed by atoms with Gasteiger partial charge in [0, 0.05) is 25.6 Å². The van der Waals surface area contributed by atoms with Crippen LogP contribution in [0.5, 0.6) is 0 Å². The molecule has 1 aromatic rings. The van der Waals surface area contributed by atoms with Gasteiger partial charge >= 0.3 is 0 Å².